The first-order valence-electron chi connectivity index (χ1n) is 8.99. The van der Waals surface area contributed by atoms with E-state index in [2.05, 4.69) is 0 Å². The number of hydrogen-bond donors (Lipinski definition) is 0. The Morgan fingerprint density at radius 3 is 1.37 bits per heavy atom. The highest BCUT2D eigenvalue weighted by Crippen LogP contribution is 2.31. The number of alkyl halides is 1. The Balaban J connectivity index is 1.62. The van der Waals surface area contributed by atoms with E-state index in [1.807, 2.05) is 0 Å². The maximum absolute atomic E-state index is 11.9. The minimum atomic E-state index is -0.124. The van der Waals surface area contributed by atoms with Gasteiger partial charge in [-0.1, -0.05) is 96.3 Å². The van der Waals surface area contributed by atoms with Gasteiger partial charge in [-0.05, 0) is 12.3 Å². The molecule has 0 heterocycles. The molecular weight excluding hydrogens is 235 g/mol. The van der Waals surface area contributed by atoms with Gasteiger partial charge in [-0.15, -0.1) is 0 Å². The van der Waals surface area contributed by atoms with Crippen molar-refractivity contribution in [2.75, 3.05) is 6.67 Å². The quantitative estimate of drug-likeness (QED) is 0.303. The molecule has 1 fully saturated rings. The lowest BCUT2D eigenvalue weighted by atomic mass is 9.81. The van der Waals surface area contributed by atoms with Gasteiger partial charge in [0.05, 0.1) is 6.67 Å². The number of halogens is 1. The summed E-state index contributed by atoms with van der Waals surface area (Å²) in [4.78, 5) is 0. The summed E-state index contributed by atoms with van der Waals surface area (Å²) >= 11 is 0. The predicted molar refractivity (Wildman–Crippen MR) is 83.3 cm³/mol. The molecular formula is C18H35F. The lowest BCUT2D eigenvalue weighted by molar-refractivity contribution is 0.286. The normalized spacial score (nSPS) is 15.6. The second-order valence-corrected chi connectivity index (χ2v) is 6.52. The van der Waals surface area contributed by atoms with Crippen molar-refractivity contribution in [3.63, 3.8) is 0 Å². The highest BCUT2D eigenvalue weighted by Gasteiger charge is 2.15. The molecule has 0 aliphatic heterocycles. The van der Waals surface area contributed by atoms with Crippen LogP contribution in [0.1, 0.15) is 103 Å². The molecule has 0 atom stereocenters. The Kier molecular flexibility index (Phi) is 11.6. The number of unbranched alkanes of at least 4 members (excludes halogenated alkanes) is 11. The molecule has 1 aliphatic rings. The molecule has 0 nitrogen and oxygen atoms in total. The van der Waals surface area contributed by atoms with Crippen LogP contribution in [0, 0.1) is 5.92 Å². The third-order valence-electron chi connectivity index (χ3n) is 4.72. The summed E-state index contributed by atoms with van der Waals surface area (Å²) in [5.41, 5.74) is 0. The van der Waals surface area contributed by atoms with E-state index in [1.54, 1.807) is 0 Å². The van der Waals surface area contributed by atoms with Crippen LogP contribution in [-0.2, 0) is 0 Å². The van der Waals surface area contributed by atoms with Crippen molar-refractivity contribution in [1.82, 2.24) is 0 Å². The van der Waals surface area contributed by atoms with Gasteiger partial charge in [0.2, 0.25) is 0 Å². The molecule has 0 unspecified atom stereocenters. The highest BCUT2D eigenvalue weighted by atomic mass is 19.1. The first kappa shape index (κ1) is 17.0. The zero-order chi connectivity index (χ0) is 13.6. The Morgan fingerprint density at radius 1 is 0.579 bits per heavy atom. The van der Waals surface area contributed by atoms with Crippen LogP contribution in [0.4, 0.5) is 4.39 Å². The van der Waals surface area contributed by atoms with Crippen molar-refractivity contribution < 1.29 is 4.39 Å². The summed E-state index contributed by atoms with van der Waals surface area (Å²) in [6, 6.07) is 0. The van der Waals surface area contributed by atoms with Crippen molar-refractivity contribution >= 4 is 0 Å². The van der Waals surface area contributed by atoms with Crippen LogP contribution in [-0.4, -0.2) is 6.67 Å². The van der Waals surface area contributed by atoms with Gasteiger partial charge in [0.15, 0.2) is 0 Å². The van der Waals surface area contributed by atoms with Crippen LogP contribution in [0.3, 0.4) is 0 Å². The lowest BCUT2D eigenvalue weighted by Gasteiger charge is -2.24. The van der Waals surface area contributed by atoms with Gasteiger partial charge in [0, 0.05) is 0 Å². The molecule has 0 aromatic carbocycles. The van der Waals surface area contributed by atoms with Crippen LogP contribution >= 0.6 is 0 Å². The molecule has 19 heavy (non-hydrogen) atoms. The topological polar surface area (TPSA) is 0 Å². The number of rotatable bonds is 14. The molecule has 1 aliphatic carbocycles. The van der Waals surface area contributed by atoms with E-state index in [0.717, 1.165) is 18.8 Å². The second kappa shape index (κ2) is 12.9. The van der Waals surface area contributed by atoms with E-state index in [1.165, 1.54) is 89.9 Å². The summed E-state index contributed by atoms with van der Waals surface area (Å²) in [6.07, 6.45) is 22.0. The van der Waals surface area contributed by atoms with Crippen LogP contribution in [0.2, 0.25) is 0 Å². The molecule has 114 valence electrons. The van der Waals surface area contributed by atoms with Gasteiger partial charge in [-0.25, -0.2) is 0 Å². The van der Waals surface area contributed by atoms with E-state index < -0.39 is 0 Å². The molecule has 0 N–H and O–H groups in total. The highest BCUT2D eigenvalue weighted by molar-refractivity contribution is 4.69. The monoisotopic (exact) mass is 270 g/mol. The van der Waals surface area contributed by atoms with E-state index >= 15 is 0 Å². The maximum atomic E-state index is 11.9. The minimum absolute atomic E-state index is 0.124. The first-order valence-corrected chi connectivity index (χ1v) is 8.99. The third kappa shape index (κ3) is 10.4. The van der Waals surface area contributed by atoms with E-state index in [-0.39, 0.29) is 6.67 Å². The zero-order valence-corrected chi connectivity index (χ0v) is 13.0. The van der Waals surface area contributed by atoms with Gasteiger partial charge >= 0.3 is 0 Å². The Morgan fingerprint density at radius 2 is 1.00 bits per heavy atom. The third-order valence-corrected chi connectivity index (χ3v) is 4.72. The molecule has 0 aromatic rings. The van der Waals surface area contributed by atoms with Crippen molar-refractivity contribution in [3.05, 3.63) is 0 Å². The summed E-state index contributed by atoms with van der Waals surface area (Å²) in [5, 5.41) is 0. The standard InChI is InChI=1S/C18H35F/c19-17-12-10-8-6-4-2-1-3-5-7-9-11-14-18-15-13-16-18/h18H,1-17H2. The fourth-order valence-corrected chi connectivity index (χ4v) is 3.08. The largest absolute Gasteiger partial charge is 0.251 e. The molecule has 1 rings (SSSR count). The molecule has 1 saturated carbocycles. The van der Waals surface area contributed by atoms with Gasteiger partial charge < -0.3 is 0 Å². The van der Waals surface area contributed by atoms with Crippen molar-refractivity contribution in [2.45, 2.75) is 103 Å². The smallest absolute Gasteiger partial charge is 0.0894 e. The summed E-state index contributed by atoms with van der Waals surface area (Å²) in [5.74, 6) is 1.11. The zero-order valence-electron chi connectivity index (χ0n) is 13.0. The second-order valence-electron chi connectivity index (χ2n) is 6.52. The van der Waals surface area contributed by atoms with Crippen molar-refractivity contribution in [2.24, 2.45) is 5.92 Å². The molecule has 0 amide bonds. The van der Waals surface area contributed by atoms with Crippen LogP contribution in [0.5, 0.6) is 0 Å². The Labute approximate surface area is 120 Å². The van der Waals surface area contributed by atoms with E-state index in [4.69, 9.17) is 0 Å². The van der Waals surface area contributed by atoms with Crippen LogP contribution in [0.15, 0.2) is 0 Å². The first-order chi connectivity index (χ1) is 9.43. The minimum Gasteiger partial charge on any atom is -0.251 e. The van der Waals surface area contributed by atoms with E-state index in [0.29, 0.717) is 0 Å². The van der Waals surface area contributed by atoms with Gasteiger partial charge in [0.25, 0.3) is 0 Å². The summed E-state index contributed by atoms with van der Waals surface area (Å²) in [7, 11) is 0. The van der Waals surface area contributed by atoms with E-state index in [9.17, 15) is 4.39 Å². The Hall–Kier alpha value is -0.0700. The van der Waals surface area contributed by atoms with Gasteiger partial charge in [-0.3, -0.25) is 4.39 Å². The molecule has 0 saturated heterocycles. The van der Waals surface area contributed by atoms with Crippen LogP contribution in [0.25, 0.3) is 0 Å². The predicted octanol–water partition coefficient (Wildman–Crippen LogP) is 6.83. The molecule has 0 radical (unpaired) electrons. The average molecular weight is 270 g/mol. The number of hydrogen-bond acceptors (Lipinski definition) is 0. The molecule has 0 spiro atoms. The van der Waals surface area contributed by atoms with Gasteiger partial charge in [-0.2, -0.15) is 0 Å². The summed E-state index contributed by atoms with van der Waals surface area (Å²) < 4.78 is 11.9. The maximum Gasteiger partial charge on any atom is 0.0894 e. The molecule has 0 bridgehead atoms. The van der Waals surface area contributed by atoms with Crippen molar-refractivity contribution in [3.8, 4) is 0 Å². The Bertz CT molecular complexity index is 175. The fraction of sp³-hybridized carbons (Fsp3) is 1.00. The van der Waals surface area contributed by atoms with Crippen LogP contribution < -0.4 is 0 Å². The summed E-state index contributed by atoms with van der Waals surface area (Å²) in [6.45, 7) is -0.124. The lowest BCUT2D eigenvalue weighted by Crippen LogP contribution is -2.10. The fourth-order valence-electron chi connectivity index (χ4n) is 3.08. The van der Waals surface area contributed by atoms with Crippen molar-refractivity contribution in [1.29, 1.82) is 0 Å². The molecule has 1 heteroatoms. The SMILES string of the molecule is FCCCCCCCCCCCCCCC1CCC1. The molecule has 0 aromatic heterocycles. The average Bonchev–Trinajstić information content (AvgIpc) is 2.37. The van der Waals surface area contributed by atoms with Gasteiger partial charge in [0.1, 0.15) is 0 Å².